The normalized spacial score (nSPS) is 10.8. The molecule has 2 amide bonds. The Morgan fingerprint density at radius 3 is 2.61 bits per heavy atom. The first kappa shape index (κ1) is 14.1. The third kappa shape index (κ3) is 3.54. The molecule has 7 nitrogen and oxygen atoms in total. The van der Waals surface area contributed by atoms with E-state index in [4.69, 9.17) is 4.55 Å². The van der Waals surface area contributed by atoms with Crippen LogP contribution >= 0.6 is 0 Å². The van der Waals surface area contributed by atoms with Crippen LogP contribution in [0, 0.1) is 0 Å². The van der Waals surface area contributed by atoms with Crippen molar-refractivity contribution < 1.29 is 22.6 Å². The average molecular weight is 272 g/mol. The summed E-state index contributed by atoms with van der Waals surface area (Å²) >= 11 is 0. The molecule has 0 spiro atoms. The topological polar surface area (TPSA) is 113 Å². The molecule has 18 heavy (non-hydrogen) atoms. The molecule has 0 aliphatic heterocycles. The lowest BCUT2D eigenvalue weighted by Gasteiger charge is -2.09. The van der Waals surface area contributed by atoms with E-state index in [0.717, 1.165) is 6.07 Å². The summed E-state index contributed by atoms with van der Waals surface area (Å²) in [6.45, 7) is 1.66. The first-order valence-corrected chi connectivity index (χ1v) is 6.44. The molecule has 0 atom stereocenters. The van der Waals surface area contributed by atoms with E-state index in [2.05, 4.69) is 10.6 Å². The van der Waals surface area contributed by atoms with Gasteiger partial charge in [0.25, 0.3) is 10.1 Å². The summed E-state index contributed by atoms with van der Waals surface area (Å²) in [5.41, 5.74) is 0.208. The van der Waals surface area contributed by atoms with Crippen molar-refractivity contribution in [2.24, 2.45) is 0 Å². The van der Waals surface area contributed by atoms with Gasteiger partial charge >= 0.3 is 0 Å². The van der Waals surface area contributed by atoms with Crippen LogP contribution in [0.3, 0.4) is 0 Å². The van der Waals surface area contributed by atoms with Gasteiger partial charge in [0.2, 0.25) is 12.3 Å². The highest BCUT2D eigenvalue weighted by atomic mass is 32.2. The lowest BCUT2D eigenvalue weighted by atomic mass is 10.2. The van der Waals surface area contributed by atoms with Gasteiger partial charge in [0.15, 0.2) is 0 Å². The SMILES string of the molecule is CCC(=O)Nc1ccc(S(=O)(=O)O)c(NC=O)c1. The summed E-state index contributed by atoms with van der Waals surface area (Å²) in [4.78, 5) is 21.1. The molecule has 0 aliphatic rings. The van der Waals surface area contributed by atoms with E-state index < -0.39 is 15.0 Å². The molecule has 0 aliphatic carbocycles. The Hall–Kier alpha value is -1.93. The average Bonchev–Trinajstić information content (AvgIpc) is 2.28. The molecule has 0 unspecified atom stereocenters. The summed E-state index contributed by atoms with van der Waals surface area (Å²) in [5, 5.41) is 4.64. The van der Waals surface area contributed by atoms with Crippen molar-refractivity contribution in [2.75, 3.05) is 10.6 Å². The van der Waals surface area contributed by atoms with Gasteiger partial charge in [0, 0.05) is 12.1 Å². The molecule has 0 saturated heterocycles. The van der Waals surface area contributed by atoms with Crippen LogP contribution in [0.2, 0.25) is 0 Å². The number of hydrogen-bond acceptors (Lipinski definition) is 4. The molecular formula is C10H12N2O5S. The summed E-state index contributed by atoms with van der Waals surface area (Å²) in [6.07, 6.45) is 0.534. The van der Waals surface area contributed by atoms with Crippen molar-refractivity contribution in [1.29, 1.82) is 0 Å². The Morgan fingerprint density at radius 2 is 2.11 bits per heavy atom. The number of amides is 2. The van der Waals surface area contributed by atoms with Gasteiger partial charge in [-0.1, -0.05) is 6.92 Å². The number of carbonyl (C=O) groups excluding carboxylic acids is 2. The van der Waals surface area contributed by atoms with Crippen molar-refractivity contribution in [1.82, 2.24) is 0 Å². The van der Waals surface area contributed by atoms with E-state index in [0.29, 0.717) is 5.69 Å². The lowest BCUT2D eigenvalue weighted by molar-refractivity contribution is -0.115. The van der Waals surface area contributed by atoms with E-state index in [1.807, 2.05) is 0 Å². The van der Waals surface area contributed by atoms with Crippen molar-refractivity contribution in [3.05, 3.63) is 18.2 Å². The molecule has 8 heteroatoms. The molecule has 1 aromatic carbocycles. The third-order valence-corrected chi connectivity index (χ3v) is 2.99. The third-order valence-electron chi connectivity index (χ3n) is 2.08. The smallest absolute Gasteiger partial charge is 0.296 e. The predicted molar refractivity (Wildman–Crippen MR) is 64.9 cm³/mol. The number of carbonyl (C=O) groups is 2. The largest absolute Gasteiger partial charge is 0.327 e. The van der Waals surface area contributed by atoms with E-state index in [9.17, 15) is 18.0 Å². The second kappa shape index (κ2) is 5.61. The van der Waals surface area contributed by atoms with Gasteiger partial charge in [-0.15, -0.1) is 0 Å². The number of nitrogens with one attached hydrogen (secondary N) is 2. The number of rotatable bonds is 5. The molecule has 0 heterocycles. The Bertz CT molecular complexity index is 568. The number of anilines is 2. The Morgan fingerprint density at radius 1 is 1.44 bits per heavy atom. The van der Waals surface area contributed by atoms with Gasteiger partial charge in [0.1, 0.15) is 4.90 Å². The zero-order valence-corrected chi connectivity index (χ0v) is 10.3. The van der Waals surface area contributed by atoms with Gasteiger partial charge in [-0.2, -0.15) is 8.42 Å². The van der Waals surface area contributed by atoms with E-state index in [1.54, 1.807) is 6.92 Å². The Kier molecular flexibility index (Phi) is 4.40. The van der Waals surface area contributed by atoms with Gasteiger partial charge in [-0.05, 0) is 18.2 Å². The summed E-state index contributed by atoms with van der Waals surface area (Å²) in [6, 6.07) is 3.64. The minimum atomic E-state index is -4.44. The number of hydrogen-bond donors (Lipinski definition) is 3. The second-order valence-electron chi connectivity index (χ2n) is 3.35. The van der Waals surface area contributed by atoms with Crippen LogP contribution in [0.1, 0.15) is 13.3 Å². The maximum Gasteiger partial charge on any atom is 0.296 e. The van der Waals surface area contributed by atoms with Gasteiger partial charge in [-0.3, -0.25) is 14.1 Å². The van der Waals surface area contributed by atoms with Crippen LogP contribution < -0.4 is 10.6 Å². The molecule has 0 fully saturated rings. The highest BCUT2D eigenvalue weighted by Crippen LogP contribution is 2.24. The van der Waals surface area contributed by atoms with Crippen molar-refractivity contribution in [2.45, 2.75) is 18.2 Å². The summed E-state index contributed by atoms with van der Waals surface area (Å²) in [7, 11) is -4.44. The molecule has 0 bridgehead atoms. The standard InChI is InChI=1S/C10H12N2O5S/c1-2-10(14)12-7-3-4-9(18(15,16)17)8(5-7)11-6-13/h3-6H,2H2,1H3,(H,11,13)(H,12,14)(H,15,16,17). The van der Waals surface area contributed by atoms with E-state index in [-0.39, 0.29) is 24.4 Å². The fraction of sp³-hybridized carbons (Fsp3) is 0.200. The molecule has 0 saturated carbocycles. The van der Waals surface area contributed by atoms with E-state index in [1.165, 1.54) is 12.1 Å². The van der Waals surface area contributed by atoms with Crippen molar-refractivity contribution >= 4 is 33.8 Å². The second-order valence-corrected chi connectivity index (χ2v) is 4.74. The molecule has 1 aromatic rings. The molecule has 98 valence electrons. The first-order chi connectivity index (χ1) is 8.38. The zero-order valence-electron chi connectivity index (χ0n) is 9.50. The quantitative estimate of drug-likeness (QED) is 0.543. The fourth-order valence-corrected chi connectivity index (χ4v) is 1.89. The molecule has 0 aromatic heterocycles. The highest BCUT2D eigenvalue weighted by molar-refractivity contribution is 7.86. The van der Waals surface area contributed by atoms with Crippen LogP contribution in [0.4, 0.5) is 11.4 Å². The van der Waals surface area contributed by atoms with E-state index >= 15 is 0 Å². The van der Waals surface area contributed by atoms with Gasteiger partial charge in [0.05, 0.1) is 5.69 Å². The molecule has 1 rings (SSSR count). The first-order valence-electron chi connectivity index (χ1n) is 5.00. The maximum atomic E-state index is 11.2. The van der Waals surface area contributed by atoms with Crippen molar-refractivity contribution in [3.8, 4) is 0 Å². The molecule has 3 N–H and O–H groups in total. The molecule has 0 radical (unpaired) electrons. The minimum Gasteiger partial charge on any atom is -0.327 e. The minimum absolute atomic E-state index is 0.110. The summed E-state index contributed by atoms with van der Waals surface area (Å²) in [5.74, 6) is -0.258. The zero-order chi connectivity index (χ0) is 13.8. The highest BCUT2D eigenvalue weighted by Gasteiger charge is 2.16. The maximum absolute atomic E-state index is 11.2. The van der Waals surface area contributed by atoms with Crippen molar-refractivity contribution in [3.63, 3.8) is 0 Å². The van der Waals surface area contributed by atoms with Crippen LogP contribution in [-0.2, 0) is 19.7 Å². The van der Waals surface area contributed by atoms with Crippen LogP contribution in [0.15, 0.2) is 23.1 Å². The predicted octanol–water partition coefficient (Wildman–Crippen LogP) is 0.850. The lowest BCUT2D eigenvalue weighted by Crippen LogP contribution is -2.11. The molecular weight excluding hydrogens is 260 g/mol. The van der Waals surface area contributed by atoms with Crippen LogP contribution in [0.25, 0.3) is 0 Å². The number of benzene rings is 1. The Balaban J connectivity index is 3.19. The van der Waals surface area contributed by atoms with Crippen LogP contribution in [-0.4, -0.2) is 25.3 Å². The van der Waals surface area contributed by atoms with Gasteiger partial charge < -0.3 is 10.6 Å². The fourth-order valence-electron chi connectivity index (χ4n) is 1.26. The van der Waals surface area contributed by atoms with Crippen LogP contribution in [0.5, 0.6) is 0 Å². The monoisotopic (exact) mass is 272 g/mol. The Labute approximate surface area is 104 Å². The summed E-state index contributed by atoms with van der Waals surface area (Å²) < 4.78 is 31.0. The van der Waals surface area contributed by atoms with Gasteiger partial charge in [-0.25, -0.2) is 0 Å².